The van der Waals surface area contributed by atoms with E-state index in [1.165, 1.54) is 324 Å². The van der Waals surface area contributed by atoms with E-state index in [1.54, 1.807) is 0 Å². The maximum absolute atomic E-state index is 5.40. The highest BCUT2D eigenvalue weighted by atomic mass is 16.5. The summed E-state index contributed by atoms with van der Waals surface area (Å²) in [6.45, 7) is 75.0. The molecular weight excluding hydrogens is 1320 g/mol. The molecule has 12 heterocycles. The monoisotopic (exact) mass is 1500 g/mol. The second-order valence-corrected chi connectivity index (χ2v) is 37.2. The fourth-order valence-corrected chi connectivity index (χ4v) is 19.9. The fourth-order valence-electron chi connectivity index (χ4n) is 19.9. The Bertz CT molecular complexity index is 2090. The molecule has 0 atom stereocenters. The van der Waals surface area contributed by atoms with Crippen molar-refractivity contribution in [2.75, 3.05) is 242 Å². The highest BCUT2D eigenvalue weighted by Crippen LogP contribution is 2.28. The molecule has 12 saturated heterocycles. The molecule has 0 bridgehead atoms. The van der Waals surface area contributed by atoms with Gasteiger partial charge in [-0.3, -0.25) is 34.3 Å². The lowest BCUT2D eigenvalue weighted by Gasteiger charge is -2.43. The third-order valence-corrected chi connectivity index (χ3v) is 28.0. The topological polar surface area (TPSA) is 61.1 Å². The first-order valence-electron chi connectivity index (χ1n) is 46.1. The maximum atomic E-state index is 5.40. The van der Waals surface area contributed by atoms with E-state index >= 15 is 0 Å². The molecule has 0 aromatic heterocycles. The number of piperidine rings is 7. The van der Waals surface area contributed by atoms with Gasteiger partial charge in [0.1, 0.15) is 0 Å². The van der Waals surface area contributed by atoms with Gasteiger partial charge in [0.2, 0.25) is 0 Å². The average Bonchev–Trinajstić information content (AvgIpc) is 0.905. The first-order valence-corrected chi connectivity index (χ1v) is 46.1. The number of hydrogen-bond donors (Lipinski definition) is 0. The van der Waals surface area contributed by atoms with Crippen molar-refractivity contribution < 1.29 is 4.74 Å². The number of nitrogens with zero attached hydrogens (tertiary/aromatic N) is 16. The quantitative estimate of drug-likeness (QED) is 0.177. The van der Waals surface area contributed by atoms with E-state index in [0.29, 0.717) is 6.04 Å². The summed E-state index contributed by atoms with van der Waals surface area (Å²) in [4.78, 5) is 41.9. The Morgan fingerprint density at radius 3 is 0.766 bits per heavy atom. The van der Waals surface area contributed by atoms with Crippen LogP contribution in [0.15, 0.2) is 30.3 Å². The standard InChI is InChI=1S/2C13H27N3.3C13H26N2.C13H20N2.C12H24N2O/c1-12(2)15-6-4-13(5-7-15)16-10-8-14(3)9-11-16;1-12(2)15-8-10-16(11-9-15)13-4-6-14(3)7-5-13;2*1-12(2)14-10-6-13(7-11-14)15-8-4-3-5-9-15;2*1-12(2)14-8-10-15(11-9-14)13-6-4-3-5-7-13;1-11(2)13-5-3-12(4-6-13)14-7-9-15-10-8-14/h2*12-13H,4-11H2,1-3H3;3*12-13H,3-11H2,1-2H3;3-7,12H,8-11H2,1-2H3;11-12H,3-10H2,1-2H3. The van der Waals surface area contributed by atoms with Crippen molar-refractivity contribution in [1.29, 1.82) is 0 Å². The number of hydrogen-bond acceptors (Lipinski definition) is 17. The Hall–Kier alpha value is -1.62. The Balaban J connectivity index is 0.000000157. The van der Waals surface area contributed by atoms with Gasteiger partial charge in [0, 0.05) is 202 Å². The summed E-state index contributed by atoms with van der Waals surface area (Å²) in [6, 6.07) is 21.1. The summed E-state index contributed by atoms with van der Waals surface area (Å²) >= 11 is 0. The van der Waals surface area contributed by atoms with Crippen LogP contribution in [0.4, 0.5) is 5.69 Å². The van der Waals surface area contributed by atoms with E-state index in [1.807, 2.05) is 0 Å². The molecule has 13 aliphatic rings. The van der Waals surface area contributed by atoms with E-state index in [9.17, 15) is 0 Å². The number of para-hydroxylation sites is 1. The molecule has 17 heteroatoms. The third kappa shape index (κ3) is 32.2. The molecule has 1 saturated carbocycles. The number of morpholine rings is 1. The van der Waals surface area contributed by atoms with Gasteiger partial charge in [0.05, 0.1) is 13.2 Å². The molecule has 0 amide bonds. The van der Waals surface area contributed by atoms with Gasteiger partial charge in [-0.1, -0.05) is 50.3 Å². The third-order valence-electron chi connectivity index (χ3n) is 28.0. The lowest BCUT2D eigenvalue weighted by molar-refractivity contribution is -0.00175. The smallest absolute Gasteiger partial charge is 0.0594 e. The Labute approximate surface area is 662 Å². The minimum Gasteiger partial charge on any atom is -0.379 e. The van der Waals surface area contributed by atoms with Crippen LogP contribution >= 0.6 is 0 Å². The largest absolute Gasteiger partial charge is 0.379 e. The summed E-state index contributed by atoms with van der Waals surface area (Å²) in [5.41, 5.74) is 1.36. The molecular formula is C90H176N16O. The molecule has 0 radical (unpaired) electrons. The lowest BCUT2D eigenvalue weighted by Crippen LogP contribution is -2.54. The van der Waals surface area contributed by atoms with E-state index < -0.39 is 0 Å². The molecule has 622 valence electrons. The van der Waals surface area contributed by atoms with Gasteiger partial charge in [0.15, 0.2) is 0 Å². The zero-order valence-electron chi connectivity index (χ0n) is 73.3. The predicted molar refractivity (Wildman–Crippen MR) is 461 cm³/mol. The van der Waals surface area contributed by atoms with Crippen LogP contribution in [0.5, 0.6) is 0 Å². The molecule has 0 N–H and O–H groups in total. The molecule has 17 nitrogen and oxygen atoms in total. The number of ether oxygens (including phenoxy) is 1. The summed E-state index contributed by atoms with van der Waals surface area (Å²) in [5.74, 6) is 0. The fraction of sp³-hybridized carbons (Fsp3) is 0.933. The summed E-state index contributed by atoms with van der Waals surface area (Å²) < 4.78 is 5.40. The molecule has 12 aliphatic heterocycles. The lowest BCUT2D eigenvalue weighted by atomic mass is 9.94. The van der Waals surface area contributed by atoms with Gasteiger partial charge in [-0.05, 0) is 318 Å². The van der Waals surface area contributed by atoms with Crippen molar-refractivity contribution in [2.45, 2.75) is 310 Å². The SMILES string of the molecule is CC(C)N1CCC(N2CCCCC2)CC1.CC(C)N1CCC(N2CCCCC2)CC1.CC(C)N1CCC(N2CCN(C)CC2)CC1.CC(C)N1CCC(N2CCOCC2)CC1.CC(C)N1CCN(C2CCCCC2)CC1.CC(C)N1CCN(C2CCN(C)CC2)CC1.CC(C)N1CCN(c2ccccc2)CC1. The van der Waals surface area contributed by atoms with E-state index in [2.05, 4.69) is 220 Å². The molecule has 107 heavy (non-hydrogen) atoms. The van der Waals surface area contributed by atoms with Crippen LogP contribution in [0.25, 0.3) is 0 Å². The van der Waals surface area contributed by atoms with Crippen LogP contribution in [0.3, 0.4) is 0 Å². The minimum absolute atomic E-state index is 0.683. The van der Waals surface area contributed by atoms with Crippen LogP contribution in [-0.4, -0.2) is 389 Å². The predicted octanol–water partition coefficient (Wildman–Crippen LogP) is 12.7. The first-order chi connectivity index (χ1) is 51.7. The van der Waals surface area contributed by atoms with E-state index in [0.717, 1.165) is 112 Å². The van der Waals surface area contributed by atoms with Crippen LogP contribution < -0.4 is 4.90 Å². The van der Waals surface area contributed by atoms with E-state index in [4.69, 9.17) is 4.74 Å². The maximum Gasteiger partial charge on any atom is 0.0594 e. The number of rotatable bonds is 14. The first kappa shape index (κ1) is 90.9. The van der Waals surface area contributed by atoms with Crippen LogP contribution in [0, 0.1) is 0 Å². The molecule has 1 aliphatic carbocycles. The van der Waals surface area contributed by atoms with Gasteiger partial charge >= 0.3 is 0 Å². The molecule has 1 aromatic carbocycles. The number of benzene rings is 1. The Morgan fingerprint density at radius 2 is 0.458 bits per heavy atom. The van der Waals surface area contributed by atoms with Crippen molar-refractivity contribution in [3.63, 3.8) is 0 Å². The normalized spacial score (nSPS) is 26.3. The Kier molecular flexibility index (Phi) is 42.5. The van der Waals surface area contributed by atoms with Gasteiger partial charge < -0.3 is 48.8 Å². The molecule has 13 fully saturated rings. The summed E-state index contributed by atoms with van der Waals surface area (Å²) in [6.07, 6.45) is 29.8. The molecule has 0 spiro atoms. The Morgan fingerprint density at radius 1 is 0.224 bits per heavy atom. The van der Waals surface area contributed by atoms with E-state index in [-0.39, 0.29) is 0 Å². The van der Waals surface area contributed by atoms with Crippen molar-refractivity contribution in [3.05, 3.63) is 30.3 Å². The number of piperazine rings is 4. The van der Waals surface area contributed by atoms with Crippen molar-refractivity contribution in [2.24, 2.45) is 0 Å². The van der Waals surface area contributed by atoms with Crippen molar-refractivity contribution in [1.82, 2.24) is 73.5 Å². The molecule has 14 rings (SSSR count). The zero-order valence-corrected chi connectivity index (χ0v) is 73.3. The minimum atomic E-state index is 0.683. The second-order valence-electron chi connectivity index (χ2n) is 37.2. The van der Waals surface area contributed by atoms with Crippen LogP contribution in [0.1, 0.15) is 232 Å². The van der Waals surface area contributed by atoms with Gasteiger partial charge in [0.25, 0.3) is 0 Å². The number of likely N-dealkylation sites (tertiary alicyclic amines) is 7. The number of likely N-dealkylation sites (N-methyl/N-ethyl adjacent to an activating group) is 1. The molecule has 1 aromatic rings. The van der Waals surface area contributed by atoms with Crippen molar-refractivity contribution >= 4 is 5.69 Å². The van der Waals surface area contributed by atoms with Gasteiger partial charge in [-0.15, -0.1) is 0 Å². The van der Waals surface area contributed by atoms with Gasteiger partial charge in [-0.25, -0.2) is 0 Å². The number of anilines is 1. The molecule has 0 unspecified atom stereocenters. The second kappa shape index (κ2) is 50.0. The van der Waals surface area contributed by atoms with Gasteiger partial charge in [-0.2, -0.15) is 0 Å². The summed E-state index contributed by atoms with van der Waals surface area (Å²) in [7, 11) is 4.48. The highest BCUT2D eigenvalue weighted by Gasteiger charge is 2.33. The zero-order chi connectivity index (χ0) is 76.5. The van der Waals surface area contributed by atoms with Crippen LogP contribution in [-0.2, 0) is 4.74 Å². The highest BCUT2D eigenvalue weighted by molar-refractivity contribution is 5.46. The average molecular weight is 1500 g/mol. The van der Waals surface area contributed by atoms with Crippen molar-refractivity contribution in [3.8, 4) is 0 Å². The van der Waals surface area contributed by atoms with Crippen LogP contribution in [0.2, 0.25) is 0 Å². The summed E-state index contributed by atoms with van der Waals surface area (Å²) in [5, 5.41) is 0.